The van der Waals surface area contributed by atoms with Crippen LogP contribution in [-0.4, -0.2) is 42.2 Å². The zero-order chi connectivity index (χ0) is 19.9. The molecule has 0 radical (unpaired) electrons. The summed E-state index contributed by atoms with van der Waals surface area (Å²) in [6.45, 7) is 1.65. The van der Waals surface area contributed by atoms with Crippen molar-refractivity contribution in [2.75, 3.05) is 14.2 Å². The van der Waals surface area contributed by atoms with Crippen LogP contribution in [0.15, 0.2) is 46.3 Å². The number of hydrogen-bond donors (Lipinski definition) is 1. The molecule has 9 heteroatoms. The Bertz CT molecular complexity index is 911. The topological polar surface area (TPSA) is 98.9 Å². The third-order valence-electron chi connectivity index (χ3n) is 4.41. The van der Waals surface area contributed by atoms with Crippen LogP contribution in [-0.2, 0) is 23.9 Å². The maximum Gasteiger partial charge on any atom is 0.338 e. The number of nitrogens with two attached hydrogens (primary N) is 1. The molecule has 1 fully saturated rings. The van der Waals surface area contributed by atoms with E-state index in [9.17, 15) is 18.8 Å². The first kappa shape index (κ1) is 19.0. The zero-order valence-electron chi connectivity index (χ0n) is 14.8. The fraction of sp³-hybridized carbons (Fsp3) is 0.278. The molecule has 2 atom stereocenters. The number of benzene rings is 1. The molecule has 1 aromatic rings. The van der Waals surface area contributed by atoms with Crippen LogP contribution in [0.5, 0.6) is 0 Å². The lowest BCUT2D eigenvalue weighted by Gasteiger charge is -2.32. The molecule has 2 N–H and O–H groups in total. The van der Waals surface area contributed by atoms with Gasteiger partial charge in [-0.3, -0.25) is 9.69 Å². The number of rotatable bonds is 3. The summed E-state index contributed by atoms with van der Waals surface area (Å²) in [5, 5.41) is -0.297. The van der Waals surface area contributed by atoms with Crippen LogP contribution in [0.4, 0.5) is 4.39 Å². The van der Waals surface area contributed by atoms with Crippen molar-refractivity contribution in [2.45, 2.75) is 18.1 Å². The number of ether oxygens (including phenoxy) is 2. The molecule has 2 aliphatic heterocycles. The van der Waals surface area contributed by atoms with E-state index >= 15 is 0 Å². The summed E-state index contributed by atoms with van der Waals surface area (Å²) < 4.78 is 24.3. The number of nitrogens with zero attached hydrogens (tertiary/aromatic N) is 1. The van der Waals surface area contributed by atoms with E-state index in [4.69, 9.17) is 15.2 Å². The largest absolute Gasteiger partial charge is 0.466 e. The average molecular weight is 392 g/mol. The van der Waals surface area contributed by atoms with Crippen LogP contribution < -0.4 is 5.73 Å². The quantitative estimate of drug-likeness (QED) is 0.781. The van der Waals surface area contributed by atoms with Crippen molar-refractivity contribution in [1.82, 2.24) is 4.90 Å². The SMILES string of the molecule is COC(=O)C1=C(N)N2C(=O)C(C)SC2=C(C(=O)OC)C1c1ccccc1F. The first-order valence-corrected chi connectivity index (χ1v) is 8.86. The maximum absolute atomic E-state index is 14.6. The standard InChI is InChI=1S/C18H17FN2O5S/c1-8-15(22)21-14(20)12(17(23)25-2)11(9-6-4-5-7-10(9)19)13(16(21)27-8)18(24)26-3/h4-8,11H,20H2,1-3H3. The average Bonchev–Trinajstić information content (AvgIpc) is 2.95. The molecule has 3 rings (SSSR count). The van der Waals surface area contributed by atoms with Crippen LogP contribution in [0.1, 0.15) is 18.4 Å². The summed E-state index contributed by atoms with van der Waals surface area (Å²) in [6, 6.07) is 5.72. The molecule has 0 saturated carbocycles. The van der Waals surface area contributed by atoms with Crippen molar-refractivity contribution in [1.29, 1.82) is 0 Å². The van der Waals surface area contributed by atoms with Crippen LogP contribution in [0, 0.1) is 5.82 Å². The van der Waals surface area contributed by atoms with Crippen LogP contribution in [0.2, 0.25) is 0 Å². The minimum absolute atomic E-state index is 0.0279. The lowest BCUT2D eigenvalue weighted by atomic mass is 9.82. The lowest BCUT2D eigenvalue weighted by molar-refractivity contribution is -0.137. The molecule has 0 aliphatic carbocycles. The van der Waals surface area contributed by atoms with Gasteiger partial charge in [0.25, 0.3) is 0 Å². The molecule has 1 amide bonds. The minimum atomic E-state index is -1.16. The van der Waals surface area contributed by atoms with E-state index in [1.54, 1.807) is 13.0 Å². The van der Waals surface area contributed by atoms with E-state index in [2.05, 4.69) is 0 Å². The Balaban J connectivity index is 2.36. The summed E-state index contributed by atoms with van der Waals surface area (Å²) in [5.41, 5.74) is 5.98. The molecule has 0 spiro atoms. The van der Waals surface area contributed by atoms with Gasteiger partial charge >= 0.3 is 11.9 Å². The van der Waals surface area contributed by atoms with Crippen molar-refractivity contribution in [3.8, 4) is 0 Å². The highest BCUT2D eigenvalue weighted by atomic mass is 32.2. The molecule has 1 aromatic carbocycles. The Labute approximate surface area is 159 Å². The number of carbonyl (C=O) groups is 3. The van der Waals surface area contributed by atoms with E-state index in [1.807, 2.05) is 0 Å². The molecule has 0 bridgehead atoms. The highest BCUT2D eigenvalue weighted by Gasteiger charge is 2.49. The lowest BCUT2D eigenvalue weighted by Crippen LogP contribution is -2.40. The summed E-state index contributed by atoms with van der Waals surface area (Å²) in [4.78, 5) is 38.8. The molecule has 0 aromatic heterocycles. The van der Waals surface area contributed by atoms with Gasteiger partial charge in [0.1, 0.15) is 11.6 Å². The predicted molar refractivity (Wildman–Crippen MR) is 95.3 cm³/mol. The summed E-state index contributed by atoms with van der Waals surface area (Å²) in [6.07, 6.45) is 0. The fourth-order valence-corrected chi connectivity index (χ4v) is 4.33. The van der Waals surface area contributed by atoms with E-state index in [0.717, 1.165) is 23.8 Å². The number of carbonyl (C=O) groups excluding carboxylic acids is 3. The van der Waals surface area contributed by atoms with Gasteiger partial charge in [-0.15, -0.1) is 0 Å². The number of halogens is 1. The van der Waals surface area contributed by atoms with Gasteiger partial charge in [-0.05, 0) is 13.0 Å². The molecule has 2 aliphatic rings. The second kappa shape index (κ2) is 7.07. The number of esters is 2. The van der Waals surface area contributed by atoms with Crippen LogP contribution >= 0.6 is 11.8 Å². The summed E-state index contributed by atoms with van der Waals surface area (Å²) in [7, 11) is 2.31. The Morgan fingerprint density at radius 3 is 2.33 bits per heavy atom. The third-order valence-corrected chi connectivity index (χ3v) is 5.59. The molecule has 142 valence electrons. The molecule has 1 saturated heterocycles. The maximum atomic E-state index is 14.6. The zero-order valence-corrected chi connectivity index (χ0v) is 15.6. The smallest absolute Gasteiger partial charge is 0.338 e. The number of amides is 1. The summed E-state index contributed by atoms with van der Waals surface area (Å²) in [5.74, 6) is -4.01. The highest BCUT2D eigenvalue weighted by molar-refractivity contribution is 8.04. The van der Waals surface area contributed by atoms with Crippen LogP contribution in [0.25, 0.3) is 0 Å². The molecular weight excluding hydrogens is 375 g/mol. The van der Waals surface area contributed by atoms with Crippen molar-refractivity contribution >= 4 is 29.6 Å². The Hall–Kier alpha value is -2.81. The Morgan fingerprint density at radius 2 is 1.74 bits per heavy atom. The van der Waals surface area contributed by atoms with Gasteiger partial charge in [0, 0.05) is 5.56 Å². The Morgan fingerprint density at radius 1 is 1.15 bits per heavy atom. The van der Waals surface area contributed by atoms with Crippen molar-refractivity contribution < 1.29 is 28.2 Å². The van der Waals surface area contributed by atoms with Gasteiger partial charge in [-0.2, -0.15) is 0 Å². The van der Waals surface area contributed by atoms with E-state index in [1.165, 1.54) is 25.3 Å². The number of fused-ring (bicyclic) bond motifs is 1. The monoisotopic (exact) mass is 392 g/mol. The van der Waals surface area contributed by atoms with Crippen molar-refractivity contribution in [2.24, 2.45) is 5.73 Å². The molecule has 7 nitrogen and oxygen atoms in total. The second-order valence-electron chi connectivity index (χ2n) is 5.89. The van der Waals surface area contributed by atoms with Gasteiger partial charge < -0.3 is 15.2 Å². The van der Waals surface area contributed by atoms with E-state index < -0.39 is 28.9 Å². The van der Waals surface area contributed by atoms with Gasteiger partial charge in [0.05, 0.1) is 41.6 Å². The number of hydrogen-bond acceptors (Lipinski definition) is 7. The molecule has 2 unspecified atom stereocenters. The van der Waals surface area contributed by atoms with Gasteiger partial charge in [-0.1, -0.05) is 30.0 Å². The first-order chi connectivity index (χ1) is 12.8. The van der Waals surface area contributed by atoms with Crippen molar-refractivity contribution in [3.63, 3.8) is 0 Å². The van der Waals surface area contributed by atoms with E-state index in [-0.39, 0.29) is 33.5 Å². The first-order valence-electron chi connectivity index (χ1n) is 7.98. The highest BCUT2D eigenvalue weighted by Crippen LogP contribution is 2.50. The fourth-order valence-electron chi connectivity index (χ4n) is 3.17. The number of thioether (sulfide) groups is 1. The second-order valence-corrected chi connectivity index (χ2v) is 7.22. The minimum Gasteiger partial charge on any atom is -0.466 e. The predicted octanol–water partition coefficient (Wildman–Crippen LogP) is 1.61. The van der Waals surface area contributed by atoms with E-state index in [0.29, 0.717) is 0 Å². The summed E-state index contributed by atoms with van der Waals surface area (Å²) >= 11 is 1.11. The normalized spacial score (nSPS) is 22.1. The molecule has 27 heavy (non-hydrogen) atoms. The Kier molecular flexibility index (Phi) is 4.97. The van der Waals surface area contributed by atoms with Crippen molar-refractivity contribution in [3.05, 3.63) is 57.6 Å². The third kappa shape index (κ3) is 2.87. The molecule has 2 heterocycles. The molecular formula is C18H17FN2O5S. The van der Waals surface area contributed by atoms with Gasteiger partial charge in [-0.25, -0.2) is 14.0 Å². The van der Waals surface area contributed by atoms with Gasteiger partial charge in [0.2, 0.25) is 5.91 Å². The number of methoxy groups -OCH3 is 2. The van der Waals surface area contributed by atoms with Gasteiger partial charge in [0.15, 0.2) is 0 Å². The van der Waals surface area contributed by atoms with Crippen LogP contribution in [0.3, 0.4) is 0 Å².